The average molecular weight is 343 g/mol. The summed E-state index contributed by atoms with van der Waals surface area (Å²) in [6.07, 6.45) is 3.42. The van der Waals surface area contributed by atoms with Crippen LogP contribution in [0.4, 0.5) is 5.69 Å². The van der Waals surface area contributed by atoms with E-state index in [2.05, 4.69) is 5.32 Å². The number of Topliss-reactive ketones (excluding diaryl/α,β-unsaturated/α-hetero) is 2. The van der Waals surface area contributed by atoms with E-state index in [0.29, 0.717) is 16.8 Å². The van der Waals surface area contributed by atoms with E-state index in [4.69, 9.17) is 0 Å². The number of carbonyl (C=O) groups excluding carboxylic acids is 2. The number of aromatic nitrogens is 1. The van der Waals surface area contributed by atoms with Crippen LogP contribution in [0.25, 0.3) is 5.70 Å². The van der Waals surface area contributed by atoms with Gasteiger partial charge in [0.25, 0.3) is 11.5 Å². The molecule has 3 aromatic rings. The van der Waals surface area contributed by atoms with E-state index >= 15 is 0 Å². The maximum absolute atomic E-state index is 13.1. The second-order valence-corrected chi connectivity index (χ2v) is 5.85. The molecule has 2 N–H and O–H groups in total. The number of phenolic OH excluding ortho intramolecular Hbond substituents is 1. The standard InChI is InChI=1S/C21H14N2O3/c24-17-11-5-4-10-16(17)22-18-19(23-12-6-1-7-13-23)21(26)15-9-3-2-8-14(15)20(18)25/h1-13H,(H-,22,24,25,26)/p+1. The Morgan fingerprint density at radius 3 is 2.04 bits per heavy atom. The molecule has 0 saturated carbocycles. The van der Waals surface area contributed by atoms with Gasteiger partial charge in [-0.15, -0.1) is 0 Å². The first-order valence-electron chi connectivity index (χ1n) is 8.11. The number of hydrogen-bond acceptors (Lipinski definition) is 4. The van der Waals surface area contributed by atoms with Gasteiger partial charge in [-0.3, -0.25) is 9.59 Å². The molecule has 0 unspecified atom stereocenters. The van der Waals surface area contributed by atoms with Crippen LogP contribution < -0.4 is 9.88 Å². The lowest BCUT2D eigenvalue weighted by Crippen LogP contribution is -2.41. The zero-order valence-electron chi connectivity index (χ0n) is 13.7. The predicted molar refractivity (Wildman–Crippen MR) is 96.7 cm³/mol. The lowest BCUT2D eigenvalue weighted by atomic mass is 9.90. The third-order valence-corrected chi connectivity index (χ3v) is 4.23. The maximum atomic E-state index is 13.1. The van der Waals surface area contributed by atoms with Crippen LogP contribution in [-0.4, -0.2) is 16.7 Å². The summed E-state index contributed by atoms with van der Waals surface area (Å²) in [5, 5.41) is 13.0. The minimum absolute atomic E-state index is 0.00322. The predicted octanol–water partition coefficient (Wildman–Crippen LogP) is 3.04. The zero-order chi connectivity index (χ0) is 18.1. The highest BCUT2D eigenvalue weighted by Gasteiger charge is 2.38. The maximum Gasteiger partial charge on any atom is 0.286 e. The molecule has 1 aromatic heterocycles. The molecule has 1 aliphatic rings. The van der Waals surface area contributed by atoms with Gasteiger partial charge in [0, 0.05) is 23.3 Å². The molecule has 26 heavy (non-hydrogen) atoms. The molecule has 0 fully saturated rings. The van der Waals surface area contributed by atoms with Crippen LogP contribution in [0.3, 0.4) is 0 Å². The van der Waals surface area contributed by atoms with E-state index in [9.17, 15) is 14.7 Å². The average Bonchev–Trinajstić information content (AvgIpc) is 2.68. The van der Waals surface area contributed by atoms with Gasteiger partial charge >= 0.3 is 0 Å². The van der Waals surface area contributed by atoms with Crippen molar-refractivity contribution in [3.8, 4) is 5.75 Å². The molecule has 0 atom stereocenters. The fourth-order valence-electron chi connectivity index (χ4n) is 2.99. The van der Waals surface area contributed by atoms with Crippen LogP contribution in [0.2, 0.25) is 0 Å². The number of benzene rings is 2. The summed E-state index contributed by atoms with van der Waals surface area (Å²) in [6.45, 7) is 0. The molecule has 5 nitrogen and oxygen atoms in total. The van der Waals surface area contributed by atoms with Crippen LogP contribution in [0, 0.1) is 0 Å². The van der Waals surface area contributed by atoms with Crippen molar-refractivity contribution in [1.82, 2.24) is 0 Å². The highest BCUT2D eigenvalue weighted by Crippen LogP contribution is 2.30. The fourth-order valence-corrected chi connectivity index (χ4v) is 2.99. The van der Waals surface area contributed by atoms with E-state index in [1.807, 2.05) is 6.07 Å². The Bertz CT molecular complexity index is 1060. The molecule has 0 spiro atoms. The van der Waals surface area contributed by atoms with Crippen molar-refractivity contribution < 1.29 is 19.3 Å². The number of rotatable bonds is 3. The van der Waals surface area contributed by atoms with Crippen LogP contribution in [0.15, 0.2) is 84.8 Å². The molecule has 126 valence electrons. The summed E-state index contributed by atoms with van der Waals surface area (Å²) in [5.74, 6) is -0.555. The Morgan fingerprint density at radius 2 is 1.35 bits per heavy atom. The van der Waals surface area contributed by atoms with Gasteiger partial charge < -0.3 is 10.4 Å². The molecule has 1 aliphatic carbocycles. The lowest BCUT2D eigenvalue weighted by Gasteiger charge is -2.18. The van der Waals surface area contributed by atoms with Gasteiger partial charge in [-0.2, -0.15) is 4.57 Å². The first kappa shape index (κ1) is 15.8. The highest BCUT2D eigenvalue weighted by molar-refractivity contribution is 6.36. The van der Waals surface area contributed by atoms with Crippen LogP contribution >= 0.6 is 0 Å². The summed E-state index contributed by atoms with van der Waals surface area (Å²) in [4.78, 5) is 26.2. The summed E-state index contributed by atoms with van der Waals surface area (Å²) in [7, 11) is 0. The second-order valence-electron chi connectivity index (χ2n) is 5.85. The van der Waals surface area contributed by atoms with Gasteiger partial charge in [0.1, 0.15) is 5.75 Å². The van der Waals surface area contributed by atoms with E-state index < -0.39 is 0 Å². The first-order chi connectivity index (χ1) is 12.7. The first-order valence-corrected chi connectivity index (χ1v) is 8.11. The number of nitrogens with one attached hydrogen (secondary N) is 1. The summed E-state index contributed by atoms with van der Waals surface area (Å²) in [5.41, 5.74) is 1.42. The minimum atomic E-state index is -0.296. The SMILES string of the molecule is O=C1C(Nc2ccccc2O)=C([n+]2ccccc2)C(=O)c2ccccc21. The molecule has 5 heteroatoms. The Hall–Kier alpha value is -3.73. The Kier molecular flexibility index (Phi) is 3.82. The molecule has 0 bridgehead atoms. The van der Waals surface area contributed by atoms with E-state index in [1.165, 1.54) is 6.07 Å². The number of nitrogens with zero attached hydrogens (tertiary/aromatic N) is 1. The number of fused-ring (bicyclic) bond motifs is 1. The van der Waals surface area contributed by atoms with Crippen molar-refractivity contribution in [2.45, 2.75) is 0 Å². The molecule has 0 radical (unpaired) electrons. The summed E-state index contributed by atoms with van der Waals surface area (Å²) >= 11 is 0. The molecule has 1 heterocycles. The largest absolute Gasteiger partial charge is 0.506 e. The third kappa shape index (κ3) is 2.56. The van der Waals surface area contributed by atoms with Crippen molar-refractivity contribution in [1.29, 1.82) is 0 Å². The number of aromatic hydroxyl groups is 1. The summed E-state index contributed by atoms with van der Waals surface area (Å²) < 4.78 is 1.61. The van der Waals surface area contributed by atoms with Crippen molar-refractivity contribution in [3.63, 3.8) is 0 Å². The molecular weight excluding hydrogens is 328 g/mol. The molecular formula is C21H15N2O3+. The van der Waals surface area contributed by atoms with Crippen molar-refractivity contribution >= 4 is 23.0 Å². The van der Waals surface area contributed by atoms with E-state index in [0.717, 1.165) is 0 Å². The van der Waals surface area contributed by atoms with Gasteiger partial charge in [-0.05, 0) is 12.1 Å². The van der Waals surface area contributed by atoms with Crippen molar-refractivity contribution in [3.05, 3.63) is 95.9 Å². The van der Waals surface area contributed by atoms with Gasteiger partial charge in [-0.1, -0.05) is 42.5 Å². The molecule has 0 amide bonds. The number of pyridine rings is 1. The number of hydrogen-bond donors (Lipinski definition) is 2. The van der Waals surface area contributed by atoms with E-state index in [-0.39, 0.29) is 28.7 Å². The molecule has 4 rings (SSSR count). The van der Waals surface area contributed by atoms with Gasteiger partial charge in [0.05, 0.1) is 5.69 Å². The zero-order valence-corrected chi connectivity index (χ0v) is 13.7. The van der Waals surface area contributed by atoms with Gasteiger partial charge in [0.2, 0.25) is 5.78 Å². The number of ketones is 2. The number of carbonyl (C=O) groups is 2. The topological polar surface area (TPSA) is 70.3 Å². The fraction of sp³-hybridized carbons (Fsp3) is 0. The van der Waals surface area contributed by atoms with Crippen molar-refractivity contribution in [2.75, 3.05) is 5.32 Å². The van der Waals surface area contributed by atoms with Crippen LogP contribution in [-0.2, 0) is 0 Å². The smallest absolute Gasteiger partial charge is 0.286 e. The normalized spacial score (nSPS) is 13.5. The quantitative estimate of drug-likeness (QED) is 0.566. The molecule has 0 saturated heterocycles. The number of allylic oxidation sites excluding steroid dienone is 2. The number of para-hydroxylation sites is 2. The summed E-state index contributed by atoms with van der Waals surface area (Å²) in [6, 6.07) is 18.7. The monoisotopic (exact) mass is 343 g/mol. The molecule has 0 aliphatic heterocycles. The Labute approximate surface area is 149 Å². The lowest BCUT2D eigenvalue weighted by molar-refractivity contribution is -0.577. The highest BCUT2D eigenvalue weighted by atomic mass is 16.3. The van der Waals surface area contributed by atoms with Crippen LogP contribution in [0.5, 0.6) is 5.75 Å². The third-order valence-electron chi connectivity index (χ3n) is 4.23. The van der Waals surface area contributed by atoms with E-state index in [1.54, 1.807) is 71.6 Å². The Morgan fingerprint density at radius 1 is 0.731 bits per heavy atom. The van der Waals surface area contributed by atoms with Gasteiger partial charge in [0.15, 0.2) is 18.1 Å². The van der Waals surface area contributed by atoms with Crippen molar-refractivity contribution in [2.24, 2.45) is 0 Å². The Balaban J connectivity index is 1.94. The minimum Gasteiger partial charge on any atom is -0.506 e. The number of phenols is 1. The second kappa shape index (κ2) is 6.29. The van der Waals surface area contributed by atoms with Crippen LogP contribution in [0.1, 0.15) is 20.7 Å². The van der Waals surface area contributed by atoms with Gasteiger partial charge in [-0.25, -0.2) is 0 Å². The molecule has 2 aromatic carbocycles. The number of anilines is 1.